The van der Waals surface area contributed by atoms with Gasteiger partial charge in [0.05, 0.1) is 0 Å². The van der Waals surface area contributed by atoms with Crippen LogP contribution in [0.2, 0.25) is 0 Å². The van der Waals surface area contributed by atoms with Gasteiger partial charge >= 0.3 is 0 Å². The third kappa shape index (κ3) is 3.83. The number of nitrogens with zero attached hydrogens (tertiary/aromatic N) is 2. The van der Waals surface area contributed by atoms with Crippen LogP contribution in [0.1, 0.15) is 48.2 Å². The SMILES string of the molecule is O=C(c1sccc1S(=O)(=O)N1CCCC1)N1CCC(NCC2CC2)CC1. The molecule has 26 heavy (non-hydrogen) atoms. The third-order valence-electron chi connectivity index (χ3n) is 5.68. The summed E-state index contributed by atoms with van der Waals surface area (Å²) < 4.78 is 27.2. The largest absolute Gasteiger partial charge is 0.338 e. The first kappa shape index (κ1) is 18.4. The molecule has 3 fully saturated rings. The van der Waals surface area contributed by atoms with Crippen molar-refractivity contribution in [3.05, 3.63) is 16.3 Å². The van der Waals surface area contributed by atoms with Gasteiger partial charge in [-0.1, -0.05) is 0 Å². The average Bonchev–Trinajstić information content (AvgIpc) is 3.13. The molecule has 4 rings (SSSR count). The quantitative estimate of drug-likeness (QED) is 0.798. The minimum atomic E-state index is -3.55. The summed E-state index contributed by atoms with van der Waals surface area (Å²) in [5.41, 5.74) is 0. The van der Waals surface area contributed by atoms with Crippen LogP contribution in [0.15, 0.2) is 16.3 Å². The number of hydrogen-bond donors (Lipinski definition) is 1. The van der Waals surface area contributed by atoms with Crippen LogP contribution in [0.5, 0.6) is 0 Å². The Morgan fingerprint density at radius 2 is 1.81 bits per heavy atom. The molecule has 1 aliphatic carbocycles. The van der Waals surface area contributed by atoms with Crippen molar-refractivity contribution in [1.82, 2.24) is 14.5 Å². The molecule has 1 aromatic heterocycles. The minimum Gasteiger partial charge on any atom is -0.338 e. The van der Waals surface area contributed by atoms with Crippen molar-refractivity contribution in [2.24, 2.45) is 5.92 Å². The Morgan fingerprint density at radius 1 is 1.12 bits per heavy atom. The fraction of sp³-hybridized carbons (Fsp3) is 0.722. The van der Waals surface area contributed by atoms with Crippen molar-refractivity contribution >= 4 is 27.3 Å². The molecule has 1 saturated carbocycles. The molecule has 0 aromatic carbocycles. The number of rotatable bonds is 6. The second-order valence-electron chi connectivity index (χ2n) is 7.64. The monoisotopic (exact) mass is 397 g/mol. The van der Waals surface area contributed by atoms with Gasteiger partial charge in [-0.05, 0) is 62.4 Å². The van der Waals surface area contributed by atoms with Gasteiger partial charge in [0.15, 0.2) is 0 Å². The molecule has 1 amide bonds. The number of thiophene rings is 1. The van der Waals surface area contributed by atoms with Crippen molar-refractivity contribution in [2.45, 2.75) is 49.5 Å². The molecule has 0 spiro atoms. The summed E-state index contributed by atoms with van der Waals surface area (Å²) >= 11 is 1.25. The fourth-order valence-corrected chi connectivity index (χ4v) is 6.69. The molecule has 0 radical (unpaired) electrons. The highest BCUT2D eigenvalue weighted by Crippen LogP contribution is 2.30. The van der Waals surface area contributed by atoms with E-state index in [9.17, 15) is 13.2 Å². The maximum atomic E-state index is 13.0. The minimum absolute atomic E-state index is 0.126. The van der Waals surface area contributed by atoms with E-state index >= 15 is 0 Å². The Kier molecular flexibility index (Phi) is 5.36. The fourth-order valence-electron chi connectivity index (χ4n) is 3.81. The molecular weight excluding hydrogens is 370 g/mol. The van der Waals surface area contributed by atoms with Gasteiger partial charge in [-0.3, -0.25) is 4.79 Å². The summed E-state index contributed by atoms with van der Waals surface area (Å²) in [6.45, 7) is 3.61. The molecule has 1 aromatic rings. The zero-order chi connectivity index (χ0) is 18.1. The number of nitrogens with one attached hydrogen (secondary N) is 1. The van der Waals surface area contributed by atoms with Crippen molar-refractivity contribution in [3.8, 4) is 0 Å². The first-order chi connectivity index (χ1) is 12.6. The van der Waals surface area contributed by atoms with Gasteiger partial charge in [-0.25, -0.2) is 8.42 Å². The number of likely N-dealkylation sites (tertiary alicyclic amines) is 1. The first-order valence-electron chi connectivity index (χ1n) is 9.66. The smallest absolute Gasteiger partial charge is 0.265 e. The van der Waals surface area contributed by atoms with Gasteiger partial charge in [-0.2, -0.15) is 4.31 Å². The summed E-state index contributed by atoms with van der Waals surface area (Å²) in [5, 5.41) is 5.33. The summed E-state index contributed by atoms with van der Waals surface area (Å²) in [5.74, 6) is 0.734. The molecule has 8 heteroatoms. The first-order valence-corrected chi connectivity index (χ1v) is 12.0. The lowest BCUT2D eigenvalue weighted by Gasteiger charge is -2.32. The second-order valence-corrected chi connectivity index (χ2v) is 10.5. The highest BCUT2D eigenvalue weighted by molar-refractivity contribution is 7.89. The number of piperidine rings is 1. The summed E-state index contributed by atoms with van der Waals surface area (Å²) in [6.07, 6.45) is 6.37. The Morgan fingerprint density at radius 3 is 2.46 bits per heavy atom. The Bertz CT molecular complexity index is 743. The van der Waals surface area contributed by atoms with Crippen LogP contribution in [-0.4, -0.2) is 62.3 Å². The Hall–Kier alpha value is -0.960. The summed E-state index contributed by atoms with van der Waals surface area (Å²) in [7, 11) is -3.55. The van der Waals surface area contributed by atoms with Gasteiger partial charge in [0.25, 0.3) is 5.91 Å². The molecule has 0 unspecified atom stereocenters. The van der Waals surface area contributed by atoms with Crippen LogP contribution in [-0.2, 0) is 10.0 Å². The van der Waals surface area contributed by atoms with E-state index in [-0.39, 0.29) is 10.8 Å². The standard InChI is InChI=1S/C18H27N3O3S2/c22-18(20-10-5-15(6-11-20)19-13-14-3-4-14)17-16(7-12-25-17)26(23,24)21-8-1-2-9-21/h7,12,14-15,19H,1-6,8-11,13H2. The molecule has 2 saturated heterocycles. The molecule has 144 valence electrons. The lowest BCUT2D eigenvalue weighted by Crippen LogP contribution is -2.45. The second kappa shape index (κ2) is 7.58. The van der Waals surface area contributed by atoms with Crippen LogP contribution in [0.25, 0.3) is 0 Å². The number of amides is 1. The molecular formula is C18H27N3O3S2. The molecule has 6 nitrogen and oxygen atoms in total. The van der Waals surface area contributed by atoms with Crippen LogP contribution in [0.4, 0.5) is 0 Å². The zero-order valence-corrected chi connectivity index (χ0v) is 16.7. The van der Waals surface area contributed by atoms with Gasteiger partial charge in [0, 0.05) is 32.2 Å². The maximum absolute atomic E-state index is 13.0. The molecule has 0 atom stereocenters. The van der Waals surface area contributed by atoms with Gasteiger partial charge in [0.1, 0.15) is 9.77 Å². The number of sulfonamides is 1. The molecule has 2 aliphatic heterocycles. The predicted octanol–water partition coefficient (Wildman–Crippen LogP) is 2.14. The zero-order valence-electron chi connectivity index (χ0n) is 15.0. The molecule has 3 aliphatic rings. The van der Waals surface area contributed by atoms with E-state index in [1.165, 1.54) is 28.5 Å². The number of hydrogen-bond acceptors (Lipinski definition) is 5. The molecule has 0 bridgehead atoms. The van der Waals surface area contributed by atoms with E-state index < -0.39 is 10.0 Å². The van der Waals surface area contributed by atoms with E-state index in [4.69, 9.17) is 0 Å². The van der Waals surface area contributed by atoms with E-state index in [2.05, 4.69) is 5.32 Å². The van der Waals surface area contributed by atoms with Crippen molar-refractivity contribution < 1.29 is 13.2 Å². The van der Waals surface area contributed by atoms with Gasteiger partial charge in [0.2, 0.25) is 10.0 Å². The van der Waals surface area contributed by atoms with Crippen molar-refractivity contribution in [3.63, 3.8) is 0 Å². The summed E-state index contributed by atoms with van der Waals surface area (Å²) in [6, 6.07) is 2.07. The normalized spacial score (nSPS) is 22.8. The topological polar surface area (TPSA) is 69.7 Å². The number of carbonyl (C=O) groups excluding carboxylic acids is 1. The van der Waals surface area contributed by atoms with Crippen molar-refractivity contribution in [2.75, 3.05) is 32.7 Å². The molecule has 3 heterocycles. The van der Waals surface area contributed by atoms with Gasteiger partial charge in [-0.15, -0.1) is 11.3 Å². The highest BCUT2D eigenvalue weighted by atomic mass is 32.2. The summed E-state index contributed by atoms with van der Waals surface area (Å²) in [4.78, 5) is 15.4. The molecule has 1 N–H and O–H groups in total. The lowest BCUT2D eigenvalue weighted by atomic mass is 10.0. The van der Waals surface area contributed by atoms with Crippen LogP contribution < -0.4 is 5.32 Å². The number of carbonyl (C=O) groups is 1. The third-order valence-corrected chi connectivity index (χ3v) is 8.65. The van der Waals surface area contributed by atoms with E-state index in [1.807, 2.05) is 4.90 Å². The van der Waals surface area contributed by atoms with Gasteiger partial charge < -0.3 is 10.2 Å². The van der Waals surface area contributed by atoms with Crippen LogP contribution in [0.3, 0.4) is 0 Å². The average molecular weight is 398 g/mol. The van der Waals surface area contributed by atoms with Crippen LogP contribution >= 0.6 is 11.3 Å². The highest BCUT2D eigenvalue weighted by Gasteiger charge is 2.34. The van der Waals surface area contributed by atoms with E-state index in [0.29, 0.717) is 37.1 Å². The van der Waals surface area contributed by atoms with E-state index in [0.717, 1.165) is 38.1 Å². The Labute approximate surface area is 159 Å². The van der Waals surface area contributed by atoms with Crippen molar-refractivity contribution in [1.29, 1.82) is 0 Å². The van der Waals surface area contributed by atoms with E-state index in [1.54, 1.807) is 11.4 Å². The Balaban J connectivity index is 1.40. The van der Waals surface area contributed by atoms with Crippen LogP contribution in [0, 0.1) is 5.92 Å². The maximum Gasteiger partial charge on any atom is 0.265 e. The lowest BCUT2D eigenvalue weighted by molar-refractivity contribution is 0.0706. The predicted molar refractivity (Wildman–Crippen MR) is 102 cm³/mol.